The van der Waals surface area contributed by atoms with Crippen LogP contribution in [0.15, 0.2) is 18.2 Å². The average Bonchev–Trinajstić information content (AvgIpc) is 3.19. The van der Waals surface area contributed by atoms with Crippen LogP contribution in [0.25, 0.3) is 0 Å². The number of hydrogen-bond donors (Lipinski definition) is 0. The van der Waals surface area contributed by atoms with E-state index in [0.717, 1.165) is 44.5 Å². The molecule has 0 N–H and O–H groups in total. The molecule has 3 fully saturated rings. The molecule has 8 heteroatoms. The summed E-state index contributed by atoms with van der Waals surface area (Å²) in [4.78, 5) is 19.0. The molecule has 2 heterocycles. The minimum atomic E-state index is -4.62. The quantitative estimate of drug-likeness (QED) is 0.620. The number of alkyl halides is 3. The molecule has 1 aromatic carbocycles. The SMILES string of the molecule is CN(C)C(=O)C1CC2(CCN(CC3CCCCC3)CC2)CN1c1ccc(C#N)c(C(F)(F)F)c1. The molecule has 1 aromatic rings. The summed E-state index contributed by atoms with van der Waals surface area (Å²) in [5.41, 5.74) is -1.04. The van der Waals surface area contributed by atoms with Crippen molar-refractivity contribution in [3.63, 3.8) is 0 Å². The van der Waals surface area contributed by atoms with Gasteiger partial charge < -0.3 is 14.7 Å². The van der Waals surface area contributed by atoms with E-state index in [-0.39, 0.29) is 11.3 Å². The number of carbonyl (C=O) groups excluding carboxylic acids is 1. The summed E-state index contributed by atoms with van der Waals surface area (Å²) >= 11 is 0. The highest BCUT2D eigenvalue weighted by molar-refractivity contribution is 5.86. The number of nitrogens with zero attached hydrogens (tertiary/aromatic N) is 4. The van der Waals surface area contributed by atoms with E-state index in [1.165, 1.54) is 43.1 Å². The number of halogens is 3. The van der Waals surface area contributed by atoms with Gasteiger partial charge in [0.15, 0.2) is 0 Å². The zero-order valence-electron chi connectivity index (χ0n) is 20.2. The van der Waals surface area contributed by atoms with Crippen molar-refractivity contribution >= 4 is 11.6 Å². The summed E-state index contributed by atoms with van der Waals surface area (Å²) in [7, 11) is 3.39. The molecule has 1 atom stereocenters. The summed E-state index contributed by atoms with van der Waals surface area (Å²) in [6.45, 7) is 3.67. The van der Waals surface area contributed by atoms with Gasteiger partial charge >= 0.3 is 6.18 Å². The third kappa shape index (κ3) is 5.19. The van der Waals surface area contributed by atoms with E-state index in [1.54, 1.807) is 26.2 Å². The third-order valence-electron chi connectivity index (χ3n) is 8.15. The van der Waals surface area contributed by atoms with Gasteiger partial charge in [0.05, 0.1) is 17.2 Å². The summed E-state index contributed by atoms with van der Waals surface area (Å²) in [6, 6.07) is 4.99. The van der Waals surface area contributed by atoms with E-state index in [2.05, 4.69) is 4.90 Å². The van der Waals surface area contributed by atoms with Crippen LogP contribution in [0.2, 0.25) is 0 Å². The highest BCUT2D eigenvalue weighted by atomic mass is 19.4. The minimum absolute atomic E-state index is 0.0777. The van der Waals surface area contributed by atoms with Crippen molar-refractivity contribution in [1.82, 2.24) is 9.80 Å². The second-order valence-corrected chi connectivity index (χ2v) is 10.7. The topological polar surface area (TPSA) is 50.6 Å². The molecule has 2 saturated heterocycles. The Hall–Kier alpha value is -2.27. The number of likely N-dealkylation sites (tertiary alicyclic amines) is 1. The smallest absolute Gasteiger partial charge is 0.359 e. The molecule has 1 spiro atoms. The molecule has 0 radical (unpaired) electrons. The van der Waals surface area contributed by atoms with Crippen LogP contribution in [0.4, 0.5) is 18.9 Å². The van der Waals surface area contributed by atoms with Gasteiger partial charge in [0.1, 0.15) is 6.04 Å². The standard InChI is InChI=1S/C26H35F3N4O/c1-31(2)24(34)23-15-25(10-12-32(13-11-25)17-19-6-4-3-5-7-19)18-33(23)21-9-8-20(16-30)22(14-21)26(27,28)29/h8-9,14,19,23H,3-7,10-13,15,17-18H2,1-2H3. The van der Waals surface area contributed by atoms with Crippen LogP contribution in [0.5, 0.6) is 0 Å². The largest absolute Gasteiger partial charge is 0.417 e. The predicted octanol–water partition coefficient (Wildman–Crippen LogP) is 4.91. The molecule has 2 aliphatic heterocycles. The van der Waals surface area contributed by atoms with Gasteiger partial charge in [-0.3, -0.25) is 4.79 Å². The van der Waals surface area contributed by atoms with E-state index >= 15 is 0 Å². The van der Waals surface area contributed by atoms with Crippen molar-refractivity contribution in [1.29, 1.82) is 5.26 Å². The Balaban J connectivity index is 1.54. The number of amides is 1. The molecule has 1 amide bonds. The maximum Gasteiger partial charge on any atom is 0.417 e. The molecule has 5 nitrogen and oxygen atoms in total. The van der Waals surface area contributed by atoms with Crippen LogP contribution in [0, 0.1) is 22.7 Å². The molecular formula is C26H35F3N4O. The highest BCUT2D eigenvalue weighted by Gasteiger charge is 2.49. The van der Waals surface area contributed by atoms with E-state index in [1.807, 2.05) is 4.90 Å². The molecular weight excluding hydrogens is 441 g/mol. The van der Waals surface area contributed by atoms with Gasteiger partial charge in [0, 0.05) is 32.9 Å². The van der Waals surface area contributed by atoms with Crippen molar-refractivity contribution in [2.24, 2.45) is 11.3 Å². The first-order valence-corrected chi connectivity index (χ1v) is 12.4. The summed E-state index contributed by atoms with van der Waals surface area (Å²) < 4.78 is 40.9. The Kier molecular flexibility index (Phi) is 7.14. The molecule has 1 saturated carbocycles. The lowest BCUT2D eigenvalue weighted by atomic mass is 9.76. The van der Waals surface area contributed by atoms with Crippen molar-refractivity contribution < 1.29 is 18.0 Å². The Morgan fingerprint density at radius 3 is 2.44 bits per heavy atom. The van der Waals surface area contributed by atoms with E-state index < -0.39 is 23.3 Å². The molecule has 0 aromatic heterocycles. The third-order valence-corrected chi connectivity index (χ3v) is 8.15. The number of rotatable bonds is 4. The van der Waals surface area contributed by atoms with Gasteiger partial charge in [-0.2, -0.15) is 18.4 Å². The molecule has 186 valence electrons. The first-order chi connectivity index (χ1) is 16.1. The van der Waals surface area contributed by atoms with Crippen LogP contribution in [0.3, 0.4) is 0 Å². The van der Waals surface area contributed by atoms with Crippen molar-refractivity contribution in [2.45, 2.75) is 63.6 Å². The van der Waals surface area contributed by atoms with E-state index in [0.29, 0.717) is 18.7 Å². The zero-order valence-corrected chi connectivity index (χ0v) is 20.2. The Labute approximate surface area is 200 Å². The lowest BCUT2D eigenvalue weighted by molar-refractivity contribution is -0.137. The fourth-order valence-electron chi connectivity index (χ4n) is 6.20. The van der Waals surface area contributed by atoms with Gasteiger partial charge in [0.25, 0.3) is 0 Å². The lowest BCUT2D eigenvalue weighted by Crippen LogP contribution is -2.43. The number of nitriles is 1. The first-order valence-electron chi connectivity index (χ1n) is 12.4. The van der Waals surface area contributed by atoms with Gasteiger partial charge in [-0.05, 0) is 74.7 Å². The Morgan fingerprint density at radius 1 is 1.18 bits per heavy atom. The summed E-state index contributed by atoms with van der Waals surface area (Å²) in [5, 5.41) is 9.16. The minimum Gasteiger partial charge on any atom is -0.359 e. The van der Waals surface area contributed by atoms with E-state index in [4.69, 9.17) is 5.26 Å². The Morgan fingerprint density at radius 2 is 1.85 bits per heavy atom. The lowest BCUT2D eigenvalue weighted by Gasteiger charge is -2.41. The van der Waals surface area contributed by atoms with Gasteiger partial charge in [-0.1, -0.05) is 19.3 Å². The average molecular weight is 477 g/mol. The van der Waals surface area contributed by atoms with Crippen LogP contribution in [-0.4, -0.2) is 62.0 Å². The fraction of sp³-hybridized carbons (Fsp3) is 0.692. The predicted molar refractivity (Wildman–Crippen MR) is 125 cm³/mol. The number of benzene rings is 1. The zero-order chi connectivity index (χ0) is 24.5. The summed E-state index contributed by atoms with van der Waals surface area (Å²) in [6.07, 6.45) is 4.58. The van der Waals surface area contributed by atoms with Crippen molar-refractivity contribution in [3.05, 3.63) is 29.3 Å². The van der Waals surface area contributed by atoms with Crippen LogP contribution in [0.1, 0.15) is 62.5 Å². The molecule has 4 rings (SSSR count). The second-order valence-electron chi connectivity index (χ2n) is 10.7. The molecule has 34 heavy (non-hydrogen) atoms. The molecule has 1 unspecified atom stereocenters. The second kappa shape index (κ2) is 9.77. The number of carbonyl (C=O) groups is 1. The molecule has 3 aliphatic rings. The van der Waals surface area contributed by atoms with E-state index in [9.17, 15) is 18.0 Å². The van der Waals surface area contributed by atoms with Crippen molar-refractivity contribution in [3.8, 4) is 6.07 Å². The van der Waals surface area contributed by atoms with Crippen molar-refractivity contribution in [2.75, 3.05) is 45.2 Å². The highest BCUT2D eigenvalue weighted by Crippen LogP contribution is 2.46. The first kappa shape index (κ1) is 24.8. The van der Waals surface area contributed by atoms with Crippen LogP contribution < -0.4 is 4.90 Å². The summed E-state index contributed by atoms with van der Waals surface area (Å²) in [5.74, 6) is 0.699. The number of anilines is 1. The van der Waals surface area contributed by atoms with Gasteiger partial charge in [-0.15, -0.1) is 0 Å². The fourth-order valence-corrected chi connectivity index (χ4v) is 6.20. The maximum absolute atomic E-state index is 13.6. The van der Waals surface area contributed by atoms with Crippen LogP contribution >= 0.6 is 0 Å². The number of hydrogen-bond acceptors (Lipinski definition) is 4. The maximum atomic E-state index is 13.6. The number of likely N-dealkylation sites (N-methyl/N-ethyl adjacent to an activating group) is 1. The normalized spacial score (nSPS) is 23.8. The van der Waals surface area contributed by atoms with Gasteiger partial charge in [-0.25, -0.2) is 0 Å². The molecule has 0 bridgehead atoms. The Bertz CT molecular complexity index is 925. The van der Waals surface area contributed by atoms with Gasteiger partial charge in [0.2, 0.25) is 5.91 Å². The number of piperidine rings is 1. The van der Waals surface area contributed by atoms with Crippen LogP contribution in [-0.2, 0) is 11.0 Å². The monoisotopic (exact) mass is 476 g/mol. The molecule has 1 aliphatic carbocycles.